The van der Waals surface area contributed by atoms with Gasteiger partial charge in [0.1, 0.15) is 12.1 Å². The van der Waals surface area contributed by atoms with E-state index < -0.39 is 0 Å². The zero-order chi connectivity index (χ0) is 11.4. The van der Waals surface area contributed by atoms with Crippen LogP contribution in [0.3, 0.4) is 0 Å². The molecule has 0 atom stereocenters. The van der Waals surface area contributed by atoms with Gasteiger partial charge in [-0.15, -0.1) is 11.6 Å². The van der Waals surface area contributed by atoms with Gasteiger partial charge in [-0.25, -0.2) is 9.97 Å². The van der Waals surface area contributed by atoms with Crippen molar-refractivity contribution >= 4 is 28.3 Å². The van der Waals surface area contributed by atoms with Crippen LogP contribution in [0.4, 0.5) is 5.82 Å². The molecule has 0 spiro atoms. The molecule has 2 aromatic rings. The minimum Gasteiger partial charge on any atom is -0.355 e. The number of benzene rings is 1. The Morgan fingerprint density at radius 1 is 1.25 bits per heavy atom. The van der Waals surface area contributed by atoms with Gasteiger partial charge in [0, 0.05) is 24.4 Å². The van der Waals surface area contributed by atoms with Crippen molar-refractivity contribution in [3.05, 3.63) is 30.6 Å². The molecule has 0 amide bonds. The molecule has 3 nitrogen and oxygen atoms in total. The summed E-state index contributed by atoms with van der Waals surface area (Å²) in [6.07, 6.45) is 1.61. The number of aromatic nitrogens is 2. The maximum Gasteiger partial charge on any atom is 0.139 e. The molecule has 0 radical (unpaired) electrons. The van der Waals surface area contributed by atoms with Crippen molar-refractivity contribution in [2.24, 2.45) is 0 Å². The zero-order valence-corrected chi connectivity index (χ0v) is 9.98. The largest absolute Gasteiger partial charge is 0.355 e. The fraction of sp³-hybridized carbons (Fsp3) is 0.333. The van der Waals surface area contributed by atoms with Crippen LogP contribution >= 0.6 is 11.6 Å². The van der Waals surface area contributed by atoms with Gasteiger partial charge in [0.25, 0.3) is 0 Å². The number of rotatable bonds is 4. The highest BCUT2D eigenvalue weighted by Crippen LogP contribution is 2.21. The topological polar surface area (TPSA) is 29.0 Å². The summed E-state index contributed by atoms with van der Waals surface area (Å²) in [4.78, 5) is 10.8. The quantitative estimate of drug-likeness (QED) is 0.763. The normalized spacial score (nSPS) is 10.6. The average Bonchev–Trinajstić information content (AvgIpc) is 2.35. The first-order valence-corrected chi connectivity index (χ1v) is 5.91. The Balaban J connectivity index is 2.50. The average molecular weight is 236 g/mol. The summed E-state index contributed by atoms with van der Waals surface area (Å²) in [6.45, 7) is 3.80. The summed E-state index contributed by atoms with van der Waals surface area (Å²) in [7, 11) is 0. The zero-order valence-electron chi connectivity index (χ0n) is 9.23. The van der Waals surface area contributed by atoms with Crippen molar-refractivity contribution in [2.45, 2.75) is 6.92 Å². The molecule has 0 saturated heterocycles. The van der Waals surface area contributed by atoms with Gasteiger partial charge in [-0.05, 0) is 19.1 Å². The number of nitrogens with zero attached hydrogens (tertiary/aromatic N) is 3. The molecular weight excluding hydrogens is 222 g/mol. The lowest BCUT2D eigenvalue weighted by molar-refractivity contribution is 0.852. The van der Waals surface area contributed by atoms with E-state index in [1.165, 1.54) is 0 Å². The molecule has 0 aliphatic carbocycles. The second-order valence-electron chi connectivity index (χ2n) is 3.48. The second kappa shape index (κ2) is 5.12. The van der Waals surface area contributed by atoms with E-state index in [1.807, 2.05) is 24.3 Å². The third kappa shape index (κ3) is 2.09. The SMILES string of the molecule is CCN(CCCl)c1ncnc2ccccc12. The molecule has 1 aromatic heterocycles. The first-order chi connectivity index (χ1) is 7.86. The molecule has 0 N–H and O–H groups in total. The van der Waals surface area contributed by atoms with E-state index in [9.17, 15) is 0 Å². The molecule has 1 aromatic carbocycles. The molecule has 0 aliphatic rings. The highest BCUT2D eigenvalue weighted by atomic mass is 35.5. The number of halogens is 1. The first-order valence-electron chi connectivity index (χ1n) is 5.37. The van der Waals surface area contributed by atoms with Crippen LogP contribution in [0.1, 0.15) is 6.92 Å². The first kappa shape index (κ1) is 11.1. The number of anilines is 1. The van der Waals surface area contributed by atoms with Gasteiger partial charge in [-0.3, -0.25) is 0 Å². The van der Waals surface area contributed by atoms with E-state index >= 15 is 0 Å². The fourth-order valence-corrected chi connectivity index (χ4v) is 1.96. The van der Waals surface area contributed by atoms with E-state index in [0.29, 0.717) is 5.88 Å². The number of fused-ring (bicyclic) bond motifs is 1. The van der Waals surface area contributed by atoms with Gasteiger partial charge in [-0.1, -0.05) is 12.1 Å². The summed E-state index contributed by atoms with van der Waals surface area (Å²) >= 11 is 5.79. The van der Waals surface area contributed by atoms with Crippen molar-refractivity contribution in [1.29, 1.82) is 0 Å². The van der Waals surface area contributed by atoms with Crippen LogP contribution in [0, 0.1) is 0 Å². The molecule has 84 valence electrons. The summed E-state index contributed by atoms with van der Waals surface area (Å²) in [5.41, 5.74) is 0.973. The smallest absolute Gasteiger partial charge is 0.139 e. The third-order valence-corrected chi connectivity index (χ3v) is 2.73. The number of alkyl halides is 1. The van der Waals surface area contributed by atoms with Crippen LogP contribution in [-0.2, 0) is 0 Å². The third-order valence-electron chi connectivity index (χ3n) is 2.56. The van der Waals surface area contributed by atoms with Gasteiger partial charge in [-0.2, -0.15) is 0 Å². The number of hydrogen-bond acceptors (Lipinski definition) is 3. The number of para-hydroxylation sites is 1. The Kier molecular flexibility index (Phi) is 3.57. The molecule has 0 unspecified atom stereocenters. The summed E-state index contributed by atoms with van der Waals surface area (Å²) in [5.74, 6) is 1.57. The Morgan fingerprint density at radius 3 is 2.81 bits per heavy atom. The van der Waals surface area contributed by atoms with E-state index in [1.54, 1.807) is 6.33 Å². The highest BCUT2D eigenvalue weighted by molar-refractivity contribution is 6.18. The Hall–Kier alpha value is -1.35. The monoisotopic (exact) mass is 235 g/mol. The maximum absolute atomic E-state index is 5.79. The van der Waals surface area contributed by atoms with Crippen LogP contribution in [-0.4, -0.2) is 28.9 Å². The maximum atomic E-state index is 5.79. The molecule has 0 saturated carbocycles. The van der Waals surface area contributed by atoms with Crippen LogP contribution < -0.4 is 4.90 Å². The summed E-state index contributed by atoms with van der Waals surface area (Å²) in [6, 6.07) is 8.03. The molecule has 1 heterocycles. The van der Waals surface area contributed by atoms with Crippen LogP contribution in [0.15, 0.2) is 30.6 Å². The summed E-state index contributed by atoms with van der Waals surface area (Å²) < 4.78 is 0. The van der Waals surface area contributed by atoms with Crippen molar-refractivity contribution in [1.82, 2.24) is 9.97 Å². The molecular formula is C12H14ClN3. The van der Waals surface area contributed by atoms with Gasteiger partial charge < -0.3 is 4.90 Å². The number of hydrogen-bond donors (Lipinski definition) is 0. The van der Waals surface area contributed by atoms with Crippen molar-refractivity contribution in [3.8, 4) is 0 Å². The van der Waals surface area contributed by atoms with E-state index in [-0.39, 0.29) is 0 Å². The minimum atomic E-state index is 0.603. The van der Waals surface area contributed by atoms with Crippen LogP contribution in [0.25, 0.3) is 10.9 Å². The molecule has 0 bridgehead atoms. The lowest BCUT2D eigenvalue weighted by atomic mass is 10.2. The van der Waals surface area contributed by atoms with Gasteiger partial charge in [0.2, 0.25) is 0 Å². The minimum absolute atomic E-state index is 0.603. The molecule has 0 fully saturated rings. The van der Waals surface area contributed by atoms with Gasteiger partial charge >= 0.3 is 0 Å². The molecule has 2 rings (SSSR count). The molecule has 16 heavy (non-hydrogen) atoms. The van der Waals surface area contributed by atoms with Crippen LogP contribution in [0.2, 0.25) is 0 Å². The lowest BCUT2D eigenvalue weighted by Gasteiger charge is -2.21. The summed E-state index contributed by atoms with van der Waals surface area (Å²) in [5, 5.41) is 1.08. The van der Waals surface area contributed by atoms with Gasteiger partial charge in [0.05, 0.1) is 5.52 Å². The van der Waals surface area contributed by atoms with E-state index in [0.717, 1.165) is 29.8 Å². The standard InChI is InChI=1S/C12H14ClN3/c1-2-16(8-7-13)12-10-5-3-4-6-11(10)14-9-15-12/h3-6,9H,2,7-8H2,1H3. The predicted octanol–water partition coefficient (Wildman–Crippen LogP) is 2.69. The lowest BCUT2D eigenvalue weighted by Crippen LogP contribution is -2.26. The van der Waals surface area contributed by atoms with E-state index in [4.69, 9.17) is 11.6 Å². The highest BCUT2D eigenvalue weighted by Gasteiger charge is 2.09. The van der Waals surface area contributed by atoms with E-state index in [2.05, 4.69) is 21.8 Å². The Morgan fingerprint density at radius 2 is 2.06 bits per heavy atom. The van der Waals surface area contributed by atoms with Crippen molar-refractivity contribution in [2.75, 3.05) is 23.9 Å². The Labute approximate surface area is 100 Å². The van der Waals surface area contributed by atoms with Crippen LogP contribution in [0.5, 0.6) is 0 Å². The Bertz CT molecular complexity index is 467. The molecule has 0 aliphatic heterocycles. The van der Waals surface area contributed by atoms with Crippen molar-refractivity contribution < 1.29 is 0 Å². The van der Waals surface area contributed by atoms with Crippen molar-refractivity contribution in [3.63, 3.8) is 0 Å². The fourth-order valence-electron chi connectivity index (χ4n) is 1.76. The molecule has 4 heteroatoms. The second-order valence-corrected chi connectivity index (χ2v) is 3.86. The van der Waals surface area contributed by atoms with Gasteiger partial charge in [0.15, 0.2) is 0 Å². The predicted molar refractivity (Wildman–Crippen MR) is 68.1 cm³/mol.